The fraction of sp³-hybridized carbons (Fsp3) is 0.600. The van der Waals surface area contributed by atoms with Gasteiger partial charge >= 0.3 is 0 Å². The zero-order valence-electron chi connectivity index (χ0n) is 16.2. The Morgan fingerprint density at radius 1 is 1.26 bits per heavy atom. The van der Waals surface area contributed by atoms with Gasteiger partial charge in [-0.05, 0) is 50.3 Å². The number of nitrogens with one attached hydrogen (secondary N) is 2. The molecule has 5 nitrogen and oxygen atoms in total. The molecule has 1 aliphatic heterocycles. The molecule has 0 bridgehead atoms. The van der Waals surface area contributed by atoms with Gasteiger partial charge in [0.05, 0.1) is 0 Å². The Labute approximate surface area is 185 Å². The highest BCUT2D eigenvalue weighted by Gasteiger charge is 2.15. The van der Waals surface area contributed by atoms with Crippen LogP contribution in [0.25, 0.3) is 0 Å². The van der Waals surface area contributed by atoms with Gasteiger partial charge in [-0.25, -0.2) is 0 Å². The van der Waals surface area contributed by atoms with Crippen molar-refractivity contribution in [2.75, 3.05) is 32.7 Å². The van der Waals surface area contributed by atoms with Crippen LogP contribution in [-0.2, 0) is 11.2 Å². The maximum Gasteiger partial charge on any atom is 0.222 e. The molecule has 2 N–H and O–H groups in total. The van der Waals surface area contributed by atoms with Crippen LogP contribution in [0, 0.1) is 0 Å². The molecular formula is C20H32ClIN4O. The van der Waals surface area contributed by atoms with E-state index in [-0.39, 0.29) is 24.0 Å². The van der Waals surface area contributed by atoms with Crippen molar-refractivity contribution < 1.29 is 4.79 Å². The third-order valence-corrected chi connectivity index (χ3v) is 4.70. The second-order valence-electron chi connectivity index (χ2n) is 6.61. The van der Waals surface area contributed by atoms with Crippen LogP contribution in [-0.4, -0.2) is 49.5 Å². The molecular weight excluding hydrogens is 475 g/mol. The van der Waals surface area contributed by atoms with Crippen LogP contribution in [0.1, 0.15) is 44.6 Å². The maximum absolute atomic E-state index is 12.0. The normalized spacial score (nSPS) is 15.1. The number of benzene rings is 1. The lowest BCUT2D eigenvalue weighted by molar-refractivity contribution is -0.130. The third-order valence-electron chi connectivity index (χ3n) is 4.47. The largest absolute Gasteiger partial charge is 0.357 e. The first kappa shape index (κ1) is 24.0. The van der Waals surface area contributed by atoms with Crippen molar-refractivity contribution in [2.24, 2.45) is 4.99 Å². The van der Waals surface area contributed by atoms with Crippen LogP contribution in [0.2, 0.25) is 5.02 Å². The molecule has 1 heterocycles. The van der Waals surface area contributed by atoms with Gasteiger partial charge in [0.25, 0.3) is 0 Å². The molecule has 2 rings (SSSR count). The van der Waals surface area contributed by atoms with Crippen LogP contribution in [0.15, 0.2) is 29.3 Å². The van der Waals surface area contributed by atoms with Crippen molar-refractivity contribution in [3.8, 4) is 0 Å². The van der Waals surface area contributed by atoms with E-state index >= 15 is 0 Å². The average molecular weight is 507 g/mol. The summed E-state index contributed by atoms with van der Waals surface area (Å²) >= 11 is 6.02. The molecule has 0 aromatic heterocycles. The van der Waals surface area contributed by atoms with Gasteiger partial charge in [-0.2, -0.15) is 0 Å². The summed E-state index contributed by atoms with van der Waals surface area (Å²) in [5, 5.41) is 7.40. The summed E-state index contributed by atoms with van der Waals surface area (Å²) in [6.45, 7) is 6.12. The number of halogens is 2. The third kappa shape index (κ3) is 9.65. The van der Waals surface area contributed by atoms with Gasteiger partial charge < -0.3 is 15.5 Å². The zero-order valence-corrected chi connectivity index (χ0v) is 19.3. The van der Waals surface area contributed by atoms with Gasteiger partial charge in [0.2, 0.25) is 5.91 Å². The number of guanidine groups is 1. The van der Waals surface area contributed by atoms with Crippen LogP contribution < -0.4 is 10.6 Å². The van der Waals surface area contributed by atoms with Gasteiger partial charge in [-0.15, -0.1) is 24.0 Å². The molecule has 1 amide bonds. The second kappa shape index (κ2) is 14.0. The van der Waals surface area contributed by atoms with Crippen molar-refractivity contribution in [1.29, 1.82) is 0 Å². The van der Waals surface area contributed by atoms with Crippen molar-refractivity contribution in [1.82, 2.24) is 15.5 Å². The molecule has 0 atom stereocenters. The minimum absolute atomic E-state index is 0. The molecule has 1 aromatic carbocycles. The van der Waals surface area contributed by atoms with E-state index in [1.165, 1.54) is 12.0 Å². The number of carbonyl (C=O) groups excluding carboxylic acids is 1. The molecule has 7 heteroatoms. The number of carbonyl (C=O) groups is 1. The Balaban J connectivity index is 0.00000364. The van der Waals surface area contributed by atoms with Gasteiger partial charge in [-0.3, -0.25) is 9.79 Å². The molecule has 0 unspecified atom stereocenters. The van der Waals surface area contributed by atoms with Crippen LogP contribution in [0.5, 0.6) is 0 Å². The second-order valence-corrected chi connectivity index (χ2v) is 7.05. The lowest BCUT2D eigenvalue weighted by Gasteiger charge is -2.20. The predicted octanol–water partition coefficient (Wildman–Crippen LogP) is 3.85. The number of hydrogen-bond acceptors (Lipinski definition) is 2. The highest BCUT2D eigenvalue weighted by Crippen LogP contribution is 2.12. The Bertz CT molecular complexity index is 597. The average Bonchev–Trinajstić information content (AvgIpc) is 2.83. The van der Waals surface area contributed by atoms with E-state index in [2.05, 4.69) is 28.6 Å². The number of likely N-dealkylation sites (tertiary alicyclic amines) is 1. The fourth-order valence-electron chi connectivity index (χ4n) is 3.09. The molecule has 0 radical (unpaired) electrons. The van der Waals surface area contributed by atoms with E-state index < -0.39 is 0 Å². The summed E-state index contributed by atoms with van der Waals surface area (Å²) in [6, 6.07) is 7.93. The molecule has 0 spiro atoms. The van der Waals surface area contributed by atoms with E-state index in [9.17, 15) is 4.79 Å². The van der Waals surface area contributed by atoms with Crippen molar-refractivity contribution >= 4 is 47.4 Å². The Kier molecular flexibility index (Phi) is 12.5. The predicted molar refractivity (Wildman–Crippen MR) is 124 cm³/mol. The maximum atomic E-state index is 12.0. The van der Waals surface area contributed by atoms with E-state index in [1.54, 1.807) is 0 Å². The van der Waals surface area contributed by atoms with E-state index in [4.69, 9.17) is 11.6 Å². The molecule has 1 fully saturated rings. The minimum atomic E-state index is 0. The molecule has 27 heavy (non-hydrogen) atoms. The summed E-state index contributed by atoms with van der Waals surface area (Å²) in [5.74, 6) is 1.13. The lowest BCUT2D eigenvalue weighted by atomic mass is 10.1. The standard InChI is InChI=1S/C20H31ClN4O.HI/c1-2-22-20(24-13-11-17-8-6-9-18(21)16-17)23-12-7-15-25-14-5-3-4-10-19(25)26;/h6,8-9,16H,2-5,7,10-15H2,1H3,(H2,22,23,24);1H. The summed E-state index contributed by atoms with van der Waals surface area (Å²) in [6.07, 6.45) is 5.83. The number of aliphatic imine (C=N–C) groups is 1. The summed E-state index contributed by atoms with van der Waals surface area (Å²) in [5.41, 5.74) is 1.21. The topological polar surface area (TPSA) is 56.7 Å². The monoisotopic (exact) mass is 506 g/mol. The number of hydrogen-bond donors (Lipinski definition) is 2. The summed E-state index contributed by atoms with van der Waals surface area (Å²) in [7, 11) is 0. The van der Waals surface area contributed by atoms with E-state index in [0.717, 1.165) is 69.4 Å². The first-order chi connectivity index (χ1) is 12.7. The molecule has 0 saturated carbocycles. The van der Waals surface area contributed by atoms with Crippen molar-refractivity contribution in [2.45, 2.75) is 45.4 Å². The quantitative estimate of drug-likeness (QED) is 0.244. The van der Waals surface area contributed by atoms with Gasteiger partial charge in [-0.1, -0.05) is 30.2 Å². The number of nitrogens with zero attached hydrogens (tertiary/aromatic N) is 2. The van der Waals surface area contributed by atoms with Crippen LogP contribution >= 0.6 is 35.6 Å². The van der Waals surface area contributed by atoms with Crippen molar-refractivity contribution in [3.63, 3.8) is 0 Å². The van der Waals surface area contributed by atoms with Gasteiger partial charge in [0.15, 0.2) is 5.96 Å². The summed E-state index contributed by atoms with van der Waals surface area (Å²) in [4.78, 5) is 18.6. The molecule has 152 valence electrons. The highest BCUT2D eigenvalue weighted by molar-refractivity contribution is 14.0. The van der Waals surface area contributed by atoms with Gasteiger partial charge in [0, 0.05) is 44.2 Å². The number of amides is 1. The molecule has 0 aliphatic carbocycles. The Morgan fingerprint density at radius 3 is 2.89 bits per heavy atom. The van der Waals surface area contributed by atoms with Gasteiger partial charge in [0.1, 0.15) is 0 Å². The number of rotatable bonds is 8. The molecule has 1 saturated heterocycles. The molecule has 1 aromatic rings. The molecule has 1 aliphatic rings. The Morgan fingerprint density at radius 2 is 2.11 bits per heavy atom. The lowest BCUT2D eigenvalue weighted by Crippen LogP contribution is -2.38. The minimum Gasteiger partial charge on any atom is -0.357 e. The summed E-state index contributed by atoms with van der Waals surface area (Å²) < 4.78 is 0. The fourth-order valence-corrected chi connectivity index (χ4v) is 3.30. The SMILES string of the molecule is CCNC(=NCCCN1CCCCCC1=O)NCCc1cccc(Cl)c1.I. The first-order valence-electron chi connectivity index (χ1n) is 9.73. The van der Waals surface area contributed by atoms with E-state index in [0.29, 0.717) is 12.3 Å². The highest BCUT2D eigenvalue weighted by atomic mass is 127. The first-order valence-corrected chi connectivity index (χ1v) is 10.1. The Hall–Kier alpha value is -1.02. The van der Waals surface area contributed by atoms with Crippen LogP contribution in [0.4, 0.5) is 0 Å². The van der Waals surface area contributed by atoms with Crippen molar-refractivity contribution in [3.05, 3.63) is 34.9 Å². The smallest absolute Gasteiger partial charge is 0.222 e. The van der Waals surface area contributed by atoms with E-state index in [1.807, 2.05) is 23.1 Å². The zero-order chi connectivity index (χ0) is 18.6. The van der Waals surface area contributed by atoms with Crippen LogP contribution in [0.3, 0.4) is 0 Å².